The number of aromatic nitrogens is 2. The number of amides is 1. The largest absolute Gasteiger partial charge is 0.391 e. The molecular weight excluding hydrogens is 364 g/mol. The van der Waals surface area contributed by atoms with Crippen molar-refractivity contribution in [3.8, 4) is 0 Å². The Balaban J connectivity index is 1.54. The molecule has 1 aromatic carbocycles. The maximum absolute atomic E-state index is 12.9. The lowest BCUT2D eigenvalue weighted by Gasteiger charge is -2.30. The summed E-state index contributed by atoms with van der Waals surface area (Å²) in [5.74, 6) is -0.0985. The van der Waals surface area contributed by atoms with E-state index in [2.05, 4.69) is 10.3 Å². The minimum atomic E-state index is -0.461. The summed E-state index contributed by atoms with van der Waals surface area (Å²) in [5, 5.41) is 14.9. The highest BCUT2D eigenvalue weighted by atomic mass is 32.1. The van der Waals surface area contributed by atoms with E-state index in [0.29, 0.717) is 41.5 Å². The molecule has 3 heterocycles. The third kappa shape index (κ3) is 3.72. The van der Waals surface area contributed by atoms with Gasteiger partial charge in [-0.25, -0.2) is 4.98 Å². The SMILES string of the molecule is O=C(c1ccccc1NCc1cc(=O)n2ccsc2n1)N1CCCC(O)C1. The van der Waals surface area contributed by atoms with Gasteiger partial charge in [-0.05, 0) is 25.0 Å². The van der Waals surface area contributed by atoms with Crippen LogP contribution in [0, 0.1) is 0 Å². The van der Waals surface area contributed by atoms with Gasteiger partial charge in [-0.15, -0.1) is 11.3 Å². The van der Waals surface area contributed by atoms with Gasteiger partial charge < -0.3 is 15.3 Å². The molecule has 1 unspecified atom stereocenters. The van der Waals surface area contributed by atoms with Gasteiger partial charge in [-0.2, -0.15) is 0 Å². The first kappa shape index (κ1) is 17.7. The summed E-state index contributed by atoms with van der Waals surface area (Å²) in [6.07, 6.45) is 2.78. The fourth-order valence-electron chi connectivity index (χ4n) is 3.30. The van der Waals surface area contributed by atoms with Crippen molar-refractivity contribution in [2.75, 3.05) is 18.4 Å². The Bertz CT molecular complexity index is 1030. The number of fused-ring (bicyclic) bond motifs is 1. The second-order valence-corrected chi connectivity index (χ2v) is 7.46. The van der Waals surface area contributed by atoms with Gasteiger partial charge in [0.05, 0.1) is 23.9 Å². The molecule has 2 N–H and O–H groups in total. The van der Waals surface area contributed by atoms with E-state index in [1.54, 1.807) is 17.2 Å². The van der Waals surface area contributed by atoms with Crippen molar-refractivity contribution in [2.24, 2.45) is 0 Å². The number of thiazole rings is 1. The fraction of sp³-hybridized carbons (Fsp3) is 0.316. The number of carbonyl (C=O) groups excluding carboxylic acids is 1. The summed E-state index contributed by atoms with van der Waals surface area (Å²) in [6, 6.07) is 8.79. The van der Waals surface area contributed by atoms with Crippen molar-refractivity contribution in [3.05, 3.63) is 63.5 Å². The first-order chi connectivity index (χ1) is 13.1. The van der Waals surface area contributed by atoms with Crippen LogP contribution >= 0.6 is 11.3 Å². The van der Waals surface area contributed by atoms with Crippen LogP contribution in [0.2, 0.25) is 0 Å². The maximum atomic E-state index is 12.9. The quantitative estimate of drug-likeness (QED) is 0.718. The number of piperidine rings is 1. The number of benzene rings is 1. The number of likely N-dealkylation sites (tertiary alicyclic amines) is 1. The van der Waals surface area contributed by atoms with Crippen LogP contribution in [0.1, 0.15) is 28.9 Å². The second kappa shape index (κ2) is 7.50. The lowest BCUT2D eigenvalue weighted by molar-refractivity contribution is 0.0474. The number of nitrogens with zero attached hydrogens (tertiary/aromatic N) is 3. The van der Waals surface area contributed by atoms with E-state index in [0.717, 1.165) is 12.8 Å². The lowest BCUT2D eigenvalue weighted by Crippen LogP contribution is -2.42. The minimum absolute atomic E-state index is 0.0985. The third-order valence-electron chi connectivity index (χ3n) is 4.66. The molecule has 8 heteroatoms. The average molecular weight is 384 g/mol. The topological polar surface area (TPSA) is 86.9 Å². The Hall–Kier alpha value is -2.71. The van der Waals surface area contributed by atoms with Gasteiger partial charge in [0.1, 0.15) is 0 Å². The normalized spacial score (nSPS) is 17.2. The fourth-order valence-corrected chi connectivity index (χ4v) is 4.04. The van der Waals surface area contributed by atoms with E-state index in [-0.39, 0.29) is 11.5 Å². The maximum Gasteiger partial charge on any atom is 0.258 e. The second-order valence-electron chi connectivity index (χ2n) is 6.59. The number of hydrogen-bond acceptors (Lipinski definition) is 6. The van der Waals surface area contributed by atoms with Crippen LogP contribution in [0.15, 0.2) is 46.7 Å². The predicted octanol–water partition coefficient (Wildman–Crippen LogP) is 1.96. The van der Waals surface area contributed by atoms with Crippen LogP contribution < -0.4 is 10.9 Å². The van der Waals surface area contributed by atoms with Gasteiger partial charge in [0, 0.05) is 36.4 Å². The zero-order valence-electron chi connectivity index (χ0n) is 14.7. The number of β-amino-alcohol motifs (C(OH)–C–C–N with tert-alkyl or cyclic N) is 1. The Morgan fingerprint density at radius 1 is 1.37 bits per heavy atom. The Kier molecular flexibility index (Phi) is 4.91. The van der Waals surface area contributed by atoms with Gasteiger partial charge in [-0.1, -0.05) is 12.1 Å². The van der Waals surface area contributed by atoms with Crippen molar-refractivity contribution in [2.45, 2.75) is 25.5 Å². The molecule has 0 saturated carbocycles. The molecule has 1 fully saturated rings. The van der Waals surface area contributed by atoms with Crippen LogP contribution in [0.4, 0.5) is 5.69 Å². The van der Waals surface area contributed by atoms with Gasteiger partial charge >= 0.3 is 0 Å². The summed E-state index contributed by atoms with van der Waals surface area (Å²) in [6.45, 7) is 1.36. The van der Waals surface area contributed by atoms with Gasteiger partial charge in [0.15, 0.2) is 4.96 Å². The Morgan fingerprint density at radius 3 is 3.07 bits per heavy atom. The number of para-hydroxylation sites is 1. The molecule has 1 aliphatic heterocycles. The molecule has 3 aromatic rings. The highest BCUT2D eigenvalue weighted by molar-refractivity contribution is 7.15. The highest BCUT2D eigenvalue weighted by Crippen LogP contribution is 2.21. The average Bonchev–Trinajstić information content (AvgIpc) is 3.15. The van der Waals surface area contributed by atoms with E-state index in [1.807, 2.05) is 23.6 Å². The number of hydrogen-bond donors (Lipinski definition) is 2. The molecule has 0 bridgehead atoms. The Labute approximate surface area is 159 Å². The molecule has 140 valence electrons. The number of carbonyl (C=O) groups is 1. The molecule has 1 saturated heterocycles. The van der Waals surface area contributed by atoms with E-state index in [1.165, 1.54) is 21.8 Å². The number of nitrogens with one attached hydrogen (secondary N) is 1. The molecule has 1 atom stereocenters. The van der Waals surface area contributed by atoms with Crippen LogP contribution in [0.3, 0.4) is 0 Å². The molecule has 0 radical (unpaired) electrons. The van der Waals surface area contributed by atoms with Crippen LogP contribution in [0.5, 0.6) is 0 Å². The minimum Gasteiger partial charge on any atom is -0.391 e. The standard InChI is InChI=1S/C19H20N4O3S/c24-14-4-3-7-22(12-14)18(26)15-5-1-2-6-16(15)20-11-13-10-17(25)23-8-9-27-19(23)21-13/h1-2,5-6,8-10,14,20,24H,3-4,7,11-12H2. The molecular formula is C19H20N4O3S. The number of rotatable bonds is 4. The molecule has 1 aliphatic rings. The van der Waals surface area contributed by atoms with Gasteiger partial charge in [0.25, 0.3) is 11.5 Å². The van der Waals surface area contributed by atoms with Crippen molar-refractivity contribution in [1.82, 2.24) is 14.3 Å². The van der Waals surface area contributed by atoms with Crippen molar-refractivity contribution < 1.29 is 9.90 Å². The predicted molar refractivity (Wildman–Crippen MR) is 104 cm³/mol. The summed E-state index contributed by atoms with van der Waals surface area (Å²) < 4.78 is 1.51. The van der Waals surface area contributed by atoms with Crippen molar-refractivity contribution in [3.63, 3.8) is 0 Å². The number of anilines is 1. The molecule has 0 spiro atoms. The molecule has 27 heavy (non-hydrogen) atoms. The van der Waals surface area contributed by atoms with Gasteiger partial charge in [-0.3, -0.25) is 14.0 Å². The van der Waals surface area contributed by atoms with E-state index in [9.17, 15) is 14.7 Å². The lowest BCUT2D eigenvalue weighted by atomic mass is 10.1. The van der Waals surface area contributed by atoms with E-state index >= 15 is 0 Å². The monoisotopic (exact) mass is 384 g/mol. The van der Waals surface area contributed by atoms with Crippen molar-refractivity contribution >= 4 is 27.9 Å². The summed E-state index contributed by atoms with van der Waals surface area (Å²) in [5.41, 5.74) is 1.75. The molecule has 1 amide bonds. The number of aliphatic hydroxyl groups excluding tert-OH is 1. The van der Waals surface area contributed by atoms with E-state index < -0.39 is 6.10 Å². The first-order valence-corrected chi connectivity index (χ1v) is 9.76. The first-order valence-electron chi connectivity index (χ1n) is 8.88. The van der Waals surface area contributed by atoms with Gasteiger partial charge in [0.2, 0.25) is 0 Å². The van der Waals surface area contributed by atoms with Crippen molar-refractivity contribution in [1.29, 1.82) is 0 Å². The van der Waals surface area contributed by atoms with E-state index in [4.69, 9.17) is 0 Å². The summed E-state index contributed by atoms with van der Waals surface area (Å²) >= 11 is 1.40. The molecule has 2 aromatic heterocycles. The molecule has 4 rings (SSSR count). The zero-order chi connectivity index (χ0) is 18.8. The highest BCUT2D eigenvalue weighted by Gasteiger charge is 2.24. The molecule has 7 nitrogen and oxygen atoms in total. The third-order valence-corrected chi connectivity index (χ3v) is 5.41. The van der Waals surface area contributed by atoms with Crippen LogP contribution in [0.25, 0.3) is 4.96 Å². The summed E-state index contributed by atoms with van der Waals surface area (Å²) in [7, 11) is 0. The zero-order valence-corrected chi connectivity index (χ0v) is 15.5. The Morgan fingerprint density at radius 2 is 2.22 bits per heavy atom. The number of aliphatic hydroxyl groups is 1. The summed E-state index contributed by atoms with van der Waals surface area (Å²) in [4.78, 5) is 31.8. The molecule has 0 aliphatic carbocycles. The van der Waals surface area contributed by atoms with Crippen LogP contribution in [-0.2, 0) is 6.54 Å². The smallest absolute Gasteiger partial charge is 0.258 e. The van der Waals surface area contributed by atoms with Crippen LogP contribution in [-0.4, -0.2) is 44.5 Å².